The molecule has 10 heteroatoms. The molecule has 0 saturated heterocycles. The van der Waals surface area contributed by atoms with Crippen LogP contribution in [0.2, 0.25) is 0 Å². The van der Waals surface area contributed by atoms with Crippen molar-refractivity contribution in [2.75, 3.05) is 26.4 Å². The average Bonchev–Trinajstić information content (AvgIpc) is 3.03. The van der Waals surface area contributed by atoms with Crippen molar-refractivity contribution >= 4 is 40.4 Å². The third-order valence-corrected chi connectivity index (χ3v) is 6.19. The van der Waals surface area contributed by atoms with Crippen LogP contribution in [0.5, 0.6) is 11.5 Å². The number of benzene rings is 4. The molecule has 0 spiro atoms. The van der Waals surface area contributed by atoms with E-state index >= 15 is 0 Å². The summed E-state index contributed by atoms with van der Waals surface area (Å²) in [6.45, 7) is 9.49. The van der Waals surface area contributed by atoms with E-state index < -0.39 is 7.12 Å². The lowest BCUT2D eigenvalue weighted by Gasteiger charge is -2.07. The van der Waals surface area contributed by atoms with Gasteiger partial charge in [0.1, 0.15) is 11.5 Å². The first-order chi connectivity index (χ1) is 21.2. The van der Waals surface area contributed by atoms with Crippen LogP contribution in [0.3, 0.4) is 0 Å². The molecule has 0 radical (unpaired) electrons. The number of carbonyl (C=O) groups is 2. The van der Waals surface area contributed by atoms with Gasteiger partial charge in [0.05, 0.1) is 37.6 Å². The Morgan fingerprint density at radius 1 is 0.622 bits per heavy atom. The van der Waals surface area contributed by atoms with E-state index in [0.717, 1.165) is 27.1 Å². The molecule has 4 aromatic rings. The highest BCUT2D eigenvalue weighted by molar-refractivity contribution is 9.10. The van der Waals surface area contributed by atoms with E-state index in [1.165, 1.54) is 0 Å². The lowest BCUT2D eigenvalue weighted by Crippen LogP contribution is -2.29. The maximum Gasteiger partial charge on any atom is 0.488 e. The van der Waals surface area contributed by atoms with Crippen LogP contribution in [0.4, 0.5) is 0 Å². The number of halogens is 1. The minimum Gasteiger partial charge on any atom is -0.494 e. The molecule has 0 fully saturated rings. The van der Waals surface area contributed by atoms with Gasteiger partial charge in [-0.25, -0.2) is 9.59 Å². The Morgan fingerprint density at radius 3 is 1.53 bits per heavy atom. The molecule has 2 N–H and O–H groups in total. The van der Waals surface area contributed by atoms with E-state index in [4.69, 9.17) is 29.0 Å². The SMILES string of the molecule is C.CCOC(=O)c1cccc(-c2ccc(OCC)cc2)c1.CCOC(=O)c1cccc(Br)c1.CCOc1ccc(B(O)O)cc1. The van der Waals surface area contributed by atoms with Crippen molar-refractivity contribution < 1.29 is 38.6 Å². The predicted octanol–water partition coefficient (Wildman–Crippen LogP) is 6.96. The topological polar surface area (TPSA) is 112 Å². The van der Waals surface area contributed by atoms with Gasteiger partial charge < -0.3 is 29.0 Å². The number of carbonyl (C=O) groups excluding carboxylic acids is 2. The Bertz CT molecular complexity index is 1430. The second-order valence-electron chi connectivity index (χ2n) is 8.87. The maximum absolute atomic E-state index is 11.7. The van der Waals surface area contributed by atoms with Gasteiger partial charge in [0.15, 0.2) is 0 Å². The van der Waals surface area contributed by atoms with Crippen LogP contribution >= 0.6 is 15.9 Å². The first-order valence-electron chi connectivity index (χ1n) is 14.2. The summed E-state index contributed by atoms with van der Waals surface area (Å²) in [5.74, 6) is 1.01. The van der Waals surface area contributed by atoms with Crippen LogP contribution in [0.1, 0.15) is 55.8 Å². The minimum absolute atomic E-state index is 0. The highest BCUT2D eigenvalue weighted by Gasteiger charge is 2.10. The summed E-state index contributed by atoms with van der Waals surface area (Å²) in [6.07, 6.45) is 0. The predicted molar refractivity (Wildman–Crippen MR) is 183 cm³/mol. The maximum atomic E-state index is 11.7. The lowest BCUT2D eigenvalue weighted by atomic mass is 9.80. The Balaban J connectivity index is 0.000000353. The Labute approximate surface area is 275 Å². The fraction of sp³-hybridized carbons (Fsp3) is 0.257. The molecule has 0 amide bonds. The molecule has 0 saturated carbocycles. The summed E-state index contributed by atoms with van der Waals surface area (Å²) >= 11 is 3.27. The number of hydrogen-bond donors (Lipinski definition) is 2. The minimum atomic E-state index is -1.40. The van der Waals surface area contributed by atoms with Crippen LogP contribution in [0.15, 0.2) is 102 Å². The zero-order chi connectivity index (χ0) is 32.3. The van der Waals surface area contributed by atoms with Gasteiger partial charge in [-0.2, -0.15) is 0 Å². The number of rotatable bonds is 10. The second kappa shape index (κ2) is 21.6. The normalized spacial score (nSPS) is 9.58. The molecule has 240 valence electrons. The number of ether oxygens (including phenoxy) is 4. The zero-order valence-electron chi connectivity index (χ0n) is 25.4. The smallest absolute Gasteiger partial charge is 0.488 e. The van der Waals surface area contributed by atoms with Crippen molar-refractivity contribution in [2.45, 2.75) is 35.1 Å². The summed E-state index contributed by atoms with van der Waals surface area (Å²) in [5.41, 5.74) is 3.64. The van der Waals surface area contributed by atoms with Crippen LogP contribution in [-0.2, 0) is 9.47 Å². The van der Waals surface area contributed by atoms with E-state index in [2.05, 4.69) is 15.9 Å². The zero-order valence-corrected chi connectivity index (χ0v) is 27.0. The van der Waals surface area contributed by atoms with Crippen molar-refractivity contribution in [2.24, 2.45) is 0 Å². The highest BCUT2D eigenvalue weighted by Crippen LogP contribution is 2.23. The fourth-order valence-electron chi connectivity index (χ4n) is 3.68. The summed E-state index contributed by atoms with van der Waals surface area (Å²) in [4.78, 5) is 22.9. The third-order valence-electron chi connectivity index (χ3n) is 5.70. The van der Waals surface area contributed by atoms with Gasteiger partial charge in [-0.15, -0.1) is 0 Å². The molecule has 0 aromatic heterocycles. The molecular weight excluding hydrogens is 639 g/mol. The number of hydrogen-bond acceptors (Lipinski definition) is 8. The average molecular weight is 681 g/mol. The van der Waals surface area contributed by atoms with Gasteiger partial charge in [-0.3, -0.25) is 0 Å². The van der Waals surface area contributed by atoms with Crippen molar-refractivity contribution in [3.05, 3.63) is 113 Å². The Morgan fingerprint density at radius 2 is 1.09 bits per heavy atom. The molecule has 0 aliphatic heterocycles. The van der Waals surface area contributed by atoms with Crippen LogP contribution < -0.4 is 14.9 Å². The van der Waals surface area contributed by atoms with Gasteiger partial charge >= 0.3 is 19.1 Å². The summed E-state index contributed by atoms with van der Waals surface area (Å²) in [5, 5.41) is 17.5. The van der Waals surface area contributed by atoms with E-state index in [1.807, 2.05) is 62.4 Å². The van der Waals surface area contributed by atoms with Gasteiger partial charge in [0.2, 0.25) is 0 Å². The van der Waals surface area contributed by atoms with Crippen molar-refractivity contribution in [1.82, 2.24) is 0 Å². The molecule has 4 aromatic carbocycles. The molecule has 0 unspecified atom stereocenters. The lowest BCUT2D eigenvalue weighted by molar-refractivity contribution is 0.0516. The van der Waals surface area contributed by atoms with Crippen molar-refractivity contribution in [3.8, 4) is 22.6 Å². The second-order valence-corrected chi connectivity index (χ2v) is 9.78. The third kappa shape index (κ3) is 14.0. The van der Waals surface area contributed by atoms with Gasteiger partial charge in [0.25, 0.3) is 0 Å². The van der Waals surface area contributed by atoms with Crippen LogP contribution in [-0.4, -0.2) is 55.5 Å². The summed E-state index contributed by atoms with van der Waals surface area (Å²) in [7, 11) is -1.40. The van der Waals surface area contributed by atoms with E-state index in [-0.39, 0.29) is 19.4 Å². The van der Waals surface area contributed by atoms with E-state index in [9.17, 15) is 9.59 Å². The van der Waals surface area contributed by atoms with Crippen LogP contribution in [0.25, 0.3) is 11.1 Å². The molecule has 0 atom stereocenters. The van der Waals surface area contributed by atoms with E-state index in [0.29, 0.717) is 43.0 Å². The molecule has 0 bridgehead atoms. The molecule has 0 aliphatic rings. The summed E-state index contributed by atoms with van der Waals surface area (Å²) in [6, 6.07) is 29.0. The molecule has 4 rings (SSSR count). The quantitative estimate of drug-likeness (QED) is 0.137. The Kier molecular flexibility index (Phi) is 18.6. The van der Waals surface area contributed by atoms with Crippen LogP contribution in [0, 0.1) is 0 Å². The Hall–Kier alpha value is -4.12. The number of esters is 2. The van der Waals surface area contributed by atoms with Gasteiger partial charge in [-0.05, 0) is 98.9 Å². The monoisotopic (exact) mass is 680 g/mol. The van der Waals surface area contributed by atoms with Gasteiger partial charge in [-0.1, -0.05) is 65.8 Å². The summed E-state index contributed by atoms with van der Waals surface area (Å²) < 4.78 is 21.3. The highest BCUT2D eigenvalue weighted by atomic mass is 79.9. The fourth-order valence-corrected chi connectivity index (χ4v) is 4.08. The van der Waals surface area contributed by atoms with E-state index in [1.54, 1.807) is 62.4 Å². The molecule has 0 aliphatic carbocycles. The van der Waals surface area contributed by atoms with Gasteiger partial charge in [0, 0.05) is 4.47 Å². The van der Waals surface area contributed by atoms with Crippen molar-refractivity contribution in [1.29, 1.82) is 0 Å². The van der Waals surface area contributed by atoms with Crippen molar-refractivity contribution in [3.63, 3.8) is 0 Å². The molecule has 0 heterocycles. The largest absolute Gasteiger partial charge is 0.494 e. The molecule has 8 nitrogen and oxygen atoms in total. The standard InChI is InChI=1S/C17H18O3.C9H9BrO2.C8H11BO3.CH4/c1-3-19-16-10-8-13(9-11-16)14-6-5-7-15(12-14)17(18)20-4-2;1-2-12-9(11)7-4-3-5-8(10)6-7;1-2-12-8-5-3-7(4-6-8)9(10)11;/h5-12H,3-4H2,1-2H3;3-6H,2H2,1H3;3-6,10-11H,2H2,1H3;1H4. The first-order valence-corrected chi connectivity index (χ1v) is 15.0. The molecular formula is C35H42BBrO8. The first kappa shape index (κ1) is 38.9. The molecule has 45 heavy (non-hydrogen) atoms.